The van der Waals surface area contributed by atoms with Crippen LogP contribution in [0, 0.1) is 0 Å². The highest BCUT2D eigenvalue weighted by atomic mass is 15.0. The zero-order chi connectivity index (χ0) is 39.2. The average Bonchev–Trinajstić information content (AvgIpc) is 3.63. The molecular weight excluding hydrogens is 717 g/mol. The maximum absolute atomic E-state index is 5.69. The van der Waals surface area contributed by atoms with Gasteiger partial charge in [0, 0.05) is 38.8 Å². The fourth-order valence-corrected chi connectivity index (χ4v) is 8.97. The van der Waals surface area contributed by atoms with Crippen LogP contribution in [0.15, 0.2) is 218 Å². The third kappa shape index (κ3) is 5.76. The number of pyridine rings is 1. The second-order valence-corrected chi connectivity index (χ2v) is 15.0. The van der Waals surface area contributed by atoms with Crippen LogP contribution in [-0.2, 0) is 5.41 Å². The van der Waals surface area contributed by atoms with Gasteiger partial charge in [-0.3, -0.25) is 0 Å². The largest absolute Gasteiger partial charge is 0.247 e. The summed E-state index contributed by atoms with van der Waals surface area (Å²) in [5, 5.41) is 2.32. The molecule has 0 amide bonds. The van der Waals surface area contributed by atoms with Crippen molar-refractivity contribution in [2.24, 2.45) is 0 Å². The Labute approximate surface area is 343 Å². The van der Waals surface area contributed by atoms with Gasteiger partial charge in [-0.25, -0.2) is 19.9 Å². The molecule has 0 fully saturated rings. The fourth-order valence-electron chi connectivity index (χ4n) is 8.97. The van der Waals surface area contributed by atoms with Crippen LogP contribution in [0.25, 0.3) is 78.6 Å². The van der Waals surface area contributed by atoms with Crippen LogP contribution in [0.3, 0.4) is 0 Å². The van der Waals surface area contributed by atoms with Gasteiger partial charge in [0.2, 0.25) is 0 Å². The molecule has 2 heterocycles. The summed E-state index contributed by atoms with van der Waals surface area (Å²) in [4.78, 5) is 20.6. The number of rotatable bonds is 7. The Bertz CT molecular complexity index is 3050. The van der Waals surface area contributed by atoms with Crippen molar-refractivity contribution in [2.45, 2.75) is 5.41 Å². The molecule has 0 atom stereocenters. The average molecular weight is 753 g/mol. The molecule has 2 aromatic heterocycles. The van der Waals surface area contributed by atoms with E-state index in [1.807, 2.05) is 60.7 Å². The molecule has 0 radical (unpaired) electrons. The molecular formula is C55H36N4. The van der Waals surface area contributed by atoms with Crippen molar-refractivity contribution in [2.75, 3.05) is 0 Å². The highest BCUT2D eigenvalue weighted by Crippen LogP contribution is 2.58. The zero-order valence-electron chi connectivity index (χ0n) is 32.1. The van der Waals surface area contributed by atoms with E-state index in [4.69, 9.17) is 19.9 Å². The Morgan fingerprint density at radius 1 is 0.288 bits per heavy atom. The van der Waals surface area contributed by atoms with Gasteiger partial charge in [0.25, 0.3) is 0 Å². The van der Waals surface area contributed by atoms with Crippen LogP contribution in [-0.4, -0.2) is 19.9 Å². The van der Waals surface area contributed by atoms with Gasteiger partial charge in [-0.05, 0) is 45.3 Å². The van der Waals surface area contributed by atoms with E-state index in [1.165, 1.54) is 27.6 Å². The van der Waals surface area contributed by atoms with E-state index in [-0.39, 0.29) is 0 Å². The van der Waals surface area contributed by atoms with Gasteiger partial charge in [0.05, 0.1) is 16.8 Å². The summed E-state index contributed by atoms with van der Waals surface area (Å²) in [5.74, 6) is 1.91. The predicted octanol–water partition coefficient (Wildman–Crippen LogP) is 13.1. The number of nitrogens with zero attached hydrogens (tertiary/aromatic N) is 4. The quantitative estimate of drug-likeness (QED) is 0.163. The molecule has 4 nitrogen and oxygen atoms in total. The molecule has 1 aliphatic rings. The van der Waals surface area contributed by atoms with Crippen molar-refractivity contribution in [1.29, 1.82) is 0 Å². The van der Waals surface area contributed by atoms with E-state index in [9.17, 15) is 0 Å². The summed E-state index contributed by atoms with van der Waals surface area (Å²) >= 11 is 0. The van der Waals surface area contributed by atoms with Crippen LogP contribution in [0.2, 0.25) is 0 Å². The second-order valence-electron chi connectivity index (χ2n) is 15.0. The van der Waals surface area contributed by atoms with Crippen LogP contribution in [0.5, 0.6) is 0 Å². The van der Waals surface area contributed by atoms with E-state index in [0.29, 0.717) is 17.5 Å². The number of hydrogen-bond acceptors (Lipinski definition) is 4. The number of aromatic nitrogens is 4. The molecule has 1 aliphatic carbocycles. The topological polar surface area (TPSA) is 51.6 Å². The smallest absolute Gasteiger partial charge is 0.164 e. The first-order valence-electron chi connectivity index (χ1n) is 20.0. The molecule has 0 aliphatic heterocycles. The first kappa shape index (κ1) is 34.4. The minimum Gasteiger partial charge on any atom is -0.247 e. The minimum atomic E-state index is -0.544. The van der Waals surface area contributed by atoms with Gasteiger partial charge >= 0.3 is 0 Å². The Kier molecular flexibility index (Phi) is 8.34. The summed E-state index contributed by atoms with van der Waals surface area (Å²) < 4.78 is 0. The number of hydrogen-bond donors (Lipinski definition) is 0. The Morgan fingerprint density at radius 3 is 1.31 bits per heavy atom. The lowest BCUT2D eigenvalue weighted by molar-refractivity contribution is 0.774. The lowest BCUT2D eigenvalue weighted by atomic mass is 9.67. The van der Waals surface area contributed by atoms with Gasteiger partial charge < -0.3 is 0 Å². The van der Waals surface area contributed by atoms with Crippen molar-refractivity contribution in [3.05, 3.63) is 241 Å². The molecule has 0 bridgehead atoms. The molecule has 59 heavy (non-hydrogen) atoms. The maximum atomic E-state index is 5.69. The molecule has 0 spiro atoms. The first-order valence-corrected chi connectivity index (χ1v) is 20.0. The Morgan fingerprint density at radius 2 is 0.712 bits per heavy atom. The fraction of sp³-hybridized carbons (Fsp3) is 0.0182. The normalized spacial score (nSPS) is 12.5. The monoisotopic (exact) mass is 752 g/mol. The Hall–Kier alpha value is -7.82. The summed E-state index contributed by atoms with van der Waals surface area (Å²) in [5.41, 5.74) is 13.5. The van der Waals surface area contributed by atoms with Crippen LogP contribution < -0.4 is 0 Å². The second kappa shape index (κ2) is 14.3. The van der Waals surface area contributed by atoms with Gasteiger partial charge in [0.1, 0.15) is 0 Å². The standard InChI is InChI=1S/C55H36N4/c1-5-19-37(20-6-1)52-57-53(38-21-7-2-8-22-38)59-54(58-52)42-26-18-24-40(36-42)39-23-17-25-41(35-39)50-46-32-14-13-31-45(46)49-51(56-50)47-33-15-16-34-48(47)55(49,43-27-9-3-10-28-43)44-29-11-4-12-30-44/h1-36H. The first-order chi connectivity index (χ1) is 29.3. The molecule has 10 aromatic rings. The third-order valence-electron chi connectivity index (χ3n) is 11.6. The van der Waals surface area contributed by atoms with Crippen LogP contribution >= 0.6 is 0 Å². The van der Waals surface area contributed by atoms with Gasteiger partial charge in [0.15, 0.2) is 17.5 Å². The number of fused-ring (bicyclic) bond motifs is 5. The lowest BCUT2D eigenvalue weighted by Crippen LogP contribution is -2.29. The molecule has 276 valence electrons. The van der Waals surface area contributed by atoms with Gasteiger partial charge in [-0.2, -0.15) is 0 Å². The van der Waals surface area contributed by atoms with Crippen molar-refractivity contribution in [3.63, 3.8) is 0 Å². The third-order valence-corrected chi connectivity index (χ3v) is 11.6. The Balaban J connectivity index is 1.07. The van der Waals surface area contributed by atoms with Gasteiger partial charge in [-0.15, -0.1) is 0 Å². The molecule has 0 saturated carbocycles. The SMILES string of the molecule is c1ccc(-c2nc(-c3ccccc3)nc(-c3cccc(-c4cccc(-c5nc6c(c7ccccc57)C(c5ccccc5)(c5ccccc5)c5ccccc5-6)c4)c3)n2)cc1. The number of benzene rings is 8. The summed E-state index contributed by atoms with van der Waals surface area (Å²) in [6.07, 6.45) is 0. The van der Waals surface area contributed by atoms with Crippen molar-refractivity contribution in [1.82, 2.24) is 19.9 Å². The highest BCUT2D eigenvalue weighted by Gasteiger charge is 2.48. The van der Waals surface area contributed by atoms with E-state index in [0.717, 1.165) is 55.7 Å². The van der Waals surface area contributed by atoms with E-state index in [2.05, 4.69) is 158 Å². The molecule has 0 N–H and O–H groups in total. The lowest BCUT2D eigenvalue weighted by Gasteiger charge is -2.34. The molecule has 0 unspecified atom stereocenters. The molecule has 8 aromatic carbocycles. The van der Waals surface area contributed by atoms with Gasteiger partial charge in [-0.1, -0.05) is 206 Å². The zero-order valence-corrected chi connectivity index (χ0v) is 32.1. The predicted molar refractivity (Wildman–Crippen MR) is 240 cm³/mol. The highest BCUT2D eigenvalue weighted by molar-refractivity contribution is 6.04. The summed E-state index contributed by atoms with van der Waals surface area (Å²) in [7, 11) is 0. The van der Waals surface area contributed by atoms with E-state index >= 15 is 0 Å². The minimum absolute atomic E-state index is 0.544. The van der Waals surface area contributed by atoms with E-state index in [1.54, 1.807) is 0 Å². The summed E-state index contributed by atoms with van der Waals surface area (Å²) in [6.45, 7) is 0. The van der Waals surface area contributed by atoms with E-state index < -0.39 is 5.41 Å². The summed E-state index contributed by atoms with van der Waals surface area (Å²) in [6, 6.07) is 76.9. The van der Waals surface area contributed by atoms with Crippen molar-refractivity contribution in [3.8, 4) is 67.8 Å². The molecule has 0 saturated heterocycles. The maximum Gasteiger partial charge on any atom is 0.164 e. The molecule has 11 rings (SSSR count). The van der Waals surface area contributed by atoms with Crippen molar-refractivity contribution < 1.29 is 0 Å². The molecule has 4 heteroatoms. The van der Waals surface area contributed by atoms with Crippen LogP contribution in [0.4, 0.5) is 0 Å². The van der Waals surface area contributed by atoms with Crippen molar-refractivity contribution >= 4 is 10.8 Å². The van der Waals surface area contributed by atoms with Crippen LogP contribution in [0.1, 0.15) is 22.3 Å².